The lowest BCUT2D eigenvalue weighted by molar-refractivity contribution is -0.140. The number of fused-ring (bicyclic) bond motifs is 1. The molecule has 1 N–H and O–H groups in total. The monoisotopic (exact) mass is 462 g/mol. The van der Waals surface area contributed by atoms with E-state index in [1.165, 1.54) is 5.56 Å². The summed E-state index contributed by atoms with van der Waals surface area (Å²) in [5, 5.41) is 11.3. The Morgan fingerprint density at radius 2 is 1.71 bits per heavy atom. The number of ether oxygens (including phenoxy) is 2. The first-order valence-electron chi connectivity index (χ1n) is 11.9. The maximum absolute atomic E-state index is 13.2. The molecule has 2 aromatic carbocycles. The second-order valence-electron chi connectivity index (χ2n) is 9.43. The van der Waals surface area contributed by atoms with Gasteiger partial charge in [0.2, 0.25) is 6.79 Å². The van der Waals surface area contributed by atoms with Crippen molar-refractivity contribution in [1.29, 1.82) is 0 Å². The second kappa shape index (κ2) is 9.14. The maximum atomic E-state index is 13.2. The fourth-order valence-electron chi connectivity index (χ4n) is 4.98. The number of ketones is 1. The number of Topliss-reactive ketones (excluding diaryl/α,β-unsaturated/α-hetero) is 1. The topological polar surface area (TPSA) is 79.3 Å². The minimum Gasteiger partial charge on any atom is -0.507 e. The first-order chi connectivity index (χ1) is 16.4. The van der Waals surface area contributed by atoms with E-state index in [0.29, 0.717) is 36.1 Å². The van der Waals surface area contributed by atoms with Crippen molar-refractivity contribution in [3.05, 3.63) is 64.7 Å². The summed E-state index contributed by atoms with van der Waals surface area (Å²) in [6.07, 6.45) is 2.31. The van der Waals surface area contributed by atoms with Crippen LogP contribution in [0.3, 0.4) is 0 Å². The van der Waals surface area contributed by atoms with Crippen LogP contribution in [0.2, 0.25) is 0 Å². The van der Waals surface area contributed by atoms with Crippen LogP contribution < -0.4 is 9.47 Å². The van der Waals surface area contributed by atoms with Gasteiger partial charge in [-0.3, -0.25) is 9.59 Å². The lowest BCUT2D eigenvalue weighted by Crippen LogP contribution is -2.37. The predicted molar refractivity (Wildman–Crippen MR) is 128 cm³/mol. The Bertz CT molecular complexity index is 1130. The summed E-state index contributed by atoms with van der Waals surface area (Å²) >= 11 is 0. The molecule has 178 valence electrons. The summed E-state index contributed by atoms with van der Waals surface area (Å²) in [5.41, 5.74) is 2.52. The highest BCUT2D eigenvalue weighted by Crippen LogP contribution is 2.41. The lowest BCUT2D eigenvalue weighted by atomic mass is 9.93. The summed E-state index contributed by atoms with van der Waals surface area (Å²) in [6.45, 7) is 7.51. The number of benzene rings is 2. The SMILES string of the molecule is CC(C)c1ccc(C2/C(=C(\O)c3ccc4c(c3)OCO4)C(=O)C(=O)N2CCN2CCCC2)cc1. The van der Waals surface area contributed by atoms with Gasteiger partial charge >= 0.3 is 0 Å². The molecule has 1 unspecified atom stereocenters. The third kappa shape index (κ3) is 4.05. The Labute approximate surface area is 199 Å². The number of likely N-dealkylation sites (tertiary alicyclic amines) is 2. The molecule has 3 heterocycles. The van der Waals surface area contributed by atoms with E-state index in [9.17, 15) is 14.7 Å². The summed E-state index contributed by atoms with van der Waals surface area (Å²) in [7, 11) is 0. The zero-order valence-electron chi connectivity index (χ0n) is 19.6. The van der Waals surface area contributed by atoms with Gasteiger partial charge in [0, 0.05) is 18.7 Å². The smallest absolute Gasteiger partial charge is 0.295 e. The van der Waals surface area contributed by atoms with Crippen LogP contribution in [0.1, 0.15) is 55.3 Å². The van der Waals surface area contributed by atoms with Crippen molar-refractivity contribution in [2.24, 2.45) is 0 Å². The Morgan fingerprint density at radius 3 is 2.41 bits per heavy atom. The van der Waals surface area contributed by atoms with Gasteiger partial charge in [0.15, 0.2) is 11.5 Å². The standard InChI is InChI=1S/C27H30N2O5/c1-17(2)18-5-7-19(8-6-18)24-23(25(30)20-9-10-21-22(15-20)34-16-33-21)26(31)27(32)29(24)14-13-28-11-3-4-12-28/h5-10,15,17,24,30H,3-4,11-14,16H2,1-2H3/b25-23+. The zero-order valence-corrected chi connectivity index (χ0v) is 19.6. The first kappa shape index (κ1) is 22.5. The van der Waals surface area contributed by atoms with Gasteiger partial charge < -0.3 is 24.4 Å². The number of hydrogen-bond acceptors (Lipinski definition) is 6. The zero-order chi connectivity index (χ0) is 23.8. The van der Waals surface area contributed by atoms with Crippen molar-refractivity contribution in [2.45, 2.75) is 38.6 Å². The Balaban J connectivity index is 1.55. The van der Waals surface area contributed by atoms with Crippen molar-refractivity contribution in [3.63, 3.8) is 0 Å². The number of carbonyl (C=O) groups is 2. The van der Waals surface area contributed by atoms with E-state index in [1.54, 1.807) is 23.1 Å². The van der Waals surface area contributed by atoms with Crippen LogP contribution in [0.25, 0.3) is 5.76 Å². The molecule has 5 rings (SSSR count). The molecule has 0 radical (unpaired) electrons. The van der Waals surface area contributed by atoms with Crippen LogP contribution in [0.15, 0.2) is 48.0 Å². The highest BCUT2D eigenvalue weighted by molar-refractivity contribution is 6.46. The number of aliphatic hydroxyl groups excluding tert-OH is 1. The maximum Gasteiger partial charge on any atom is 0.295 e. The number of amides is 1. The van der Waals surface area contributed by atoms with E-state index in [4.69, 9.17) is 9.47 Å². The molecule has 0 bridgehead atoms. The van der Waals surface area contributed by atoms with Gasteiger partial charge in [-0.2, -0.15) is 0 Å². The van der Waals surface area contributed by atoms with Crippen LogP contribution in [0.4, 0.5) is 0 Å². The van der Waals surface area contributed by atoms with Crippen molar-refractivity contribution >= 4 is 17.4 Å². The lowest BCUT2D eigenvalue weighted by Gasteiger charge is -2.27. The van der Waals surface area contributed by atoms with E-state index in [1.807, 2.05) is 24.3 Å². The highest BCUT2D eigenvalue weighted by Gasteiger charge is 2.46. The molecule has 3 aliphatic heterocycles. The molecule has 0 spiro atoms. The van der Waals surface area contributed by atoms with Crippen LogP contribution in [0.5, 0.6) is 11.5 Å². The van der Waals surface area contributed by atoms with Gasteiger partial charge in [-0.15, -0.1) is 0 Å². The number of rotatable bonds is 6. The largest absolute Gasteiger partial charge is 0.507 e. The van der Waals surface area contributed by atoms with Gasteiger partial charge in [0.25, 0.3) is 11.7 Å². The number of hydrogen-bond donors (Lipinski definition) is 1. The molecule has 7 nitrogen and oxygen atoms in total. The summed E-state index contributed by atoms with van der Waals surface area (Å²) in [4.78, 5) is 30.3. The molecule has 3 aliphatic rings. The average molecular weight is 463 g/mol. The van der Waals surface area contributed by atoms with Gasteiger partial charge in [-0.05, 0) is 61.2 Å². The molecule has 34 heavy (non-hydrogen) atoms. The van der Waals surface area contributed by atoms with E-state index in [2.05, 4.69) is 18.7 Å². The molecule has 2 aromatic rings. The van der Waals surface area contributed by atoms with E-state index in [0.717, 1.165) is 31.5 Å². The van der Waals surface area contributed by atoms with Crippen LogP contribution in [-0.4, -0.2) is 59.6 Å². The molecular formula is C27H30N2O5. The van der Waals surface area contributed by atoms with Crippen LogP contribution >= 0.6 is 0 Å². The van der Waals surface area contributed by atoms with Crippen molar-refractivity contribution < 1.29 is 24.2 Å². The molecule has 0 saturated carbocycles. The predicted octanol–water partition coefficient (Wildman–Crippen LogP) is 4.06. The third-order valence-corrected chi connectivity index (χ3v) is 6.96. The quantitative estimate of drug-likeness (QED) is 0.396. The fourth-order valence-corrected chi connectivity index (χ4v) is 4.98. The molecule has 0 aliphatic carbocycles. The van der Waals surface area contributed by atoms with Gasteiger partial charge in [0.1, 0.15) is 5.76 Å². The van der Waals surface area contributed by atoms with Gasteiger partial charge in [0.05, 0.1) is 11.6 Å². The third-order valence-electron chi connectivity index (χ3n) is 6.96. The molecule has 2 fully saturated rings. The normalized spacial score (nSPS) is 21.7. The molecule has 1 amide bonds. The minimum atomic E-state index is -0.658. The molecule has 7 heteroatoms. The number of nitrogens with zero attached hydrogens (tertiary/aromatic N) is 2. The molecular weight excluding hydrogens is 432 g/mol. The Morgan fingerprint density at radius 1 is 1.00 bits per heavy atom. The Hall–Kier alpha value is -3.32. The number of carbonyl (C=O) groups excluding carboxylic acids is 2. The summed E-state index contributed by atoms with van der Waals surface area (Å²) in [6, 6.07) is 12.4. The summed E-state index contributed by atoms with van der Waals surface area (Å²) < 4.78 is 10.8. The molecule has 1 atom stereocenters. The molecule has 2 saturated heterocycles. The summed E-state index contributed by atoms with van der Waals surface area (Å²) in [5.74, 6) is 0.0324. The molecule has 0 aromatic heterocycles. The van der Waals surface area contributed by atoms with E-state index in [-0.39, 0.29) is 18.1 Å². The minimum absolute atomic E-state index is 0.114. The van der Waals surface area contributed by atoms with Crippen molar-refractivity contribution in [2.75, 3.05) is 33.0 Å². The average Bonchev–Trinajstić information content (AvgIpc) is 3.58. The van der Waals surface area contributed by atoms with E-state index >= 15 is 0 Å². The number of aliphatic hydroxyl groups is 1. The van der Waals surface area contributed by atoms with Crippen LogP contribution in [0, 0.1) is 0 Å². The highest BCUT2D eigenvalue weighted by atomic mass is 16.7. The van der Waals surface area contributed by atoms with E-state index < -0.39 is 17.7 Å². The van der Waals surface area contributed by atoms with Gasteiger partial charge in [-0.1, -0.05) is 38.1 Å². The van der Waals surface area contributed by atoms with Gasteiger partial charge in [-0.25, -0.2) is 0 Å². The first-order valence-corrected chi connectivity index (χ1v) is 11.9. The van der Waals surface area contributed by atoms with Crippen molar-refractivity contribution in [3.8, 4) is 11.5 Å². The van der Waals surface area contributed by atoms with Crippen molar-refractivity contribution in [1.82, 2.24) is 9.80 Å². The fraction of sp³-hybridized carbons (Fsp3) is 0.407. The second-order valence-corrected chi connectivity index (χ2v) is 9.43. The van der Waals surface area contributed by atoms with Crippen LogP contribution in [-0.2, 0) is 9.59 Å². The Kier molecular flexibility index (Phi) is 6.04.